The average Bonchev–Trinajstić information content (AvgIpc) is 2.18. The van der Waals surface area contributed by atoms with Crippen molar-refractivity contribution in [3.05, 3.63) is 59.2 Å². The van der Waals surface area contributed by atoms with Gasteiger partial charge in [0.25, 0.3) is 0 Å². The van der Waals surface area contributed by atoms with Crippen LogP contribution in [0.4, 0.5) is 0 Å². The second-order valence-corrected chi connectivity index (χ2v) is 3.65. The number of hydrogen-bond acceptors (Lipinski definition) is 0. The van der Waals surface area contributed by atoms with Crippen molar-refractivity contribution in [2.75, 3.05) is 0 Å². The zero-order valence-corrected chi connectivity index (χ0v) is 8.40. The molecule has 0 saturated heterocycles. The topological polar surface area (TPSA) is 0 Å². The van der Waals surface area contributed by atoms with Gasteiger partial charge in [0.2, 0.25) is 0 Å². The van der Waals surface area contributed by atoms with E-state index in [0.29, 0.717) is 0 Å². The van der Waals surface area contributed by atoms with E-state index in [0.717, 1.165) is 6.42 Å². The van der Waals surface area contributed by atoms with Gasteiger partial charge in [0.05, 0.1) is 0 Å². The predicted octanol–water partition coefficient (Wildman–Crippen LogP) is 4.06. The van der Waals surface area contributed by atoms with E-state index >= 15 is 0 Å². The maximum Gasteiger partial charge on any atom is -0.0135 e. The molecule has 0 atom stereocenters. The van der Waals surface area contributed by atoms with E-state index in [4.69, 9.17) is 0 Å². The summed E-state index contributed by atoms with van der Waals surface area (Å²) in [5.41, 5.74) is 3.93. The number of hydrogen-bond donors (Lipinski definition) is 0. The lowest BCUT2D eigenvalue weighted by Crippen LogP contribution is -1.78. The molecule has 1 aromatic carbocycles. The van der Waals surface area contributed by atoms with E-state index in [1.165, 1.54) is 16.7 Å². The molecule has 0 spiro atoms. The summed E-state index contributed by atoms with van der Waals surface area (Å²) in [5, 5.41) is 0. The zero-order chi connectivity index (χ0) is 9.80. The minimum absolute atomic E-state index is 1.04. The molecule has 0 radical (unpaired) electrons. The Labute approximate surface area is 85.3 Å². The van der Waals surface area contributed by atoms with Gasteiger partial charge >= 0.3 is 0 Å². The molecular formula is C14H14. The highest BCUT2D eigenvalue weighted by Gasteiger charge is 1.91. The number of fused-ring (bicyclic) bond motifs is 2. The maximum atomic E-state index is 2.21. The van der Waals surface area contributed by atoms with Crippen LogP contribution in [0.5, 0.6) is 0 Å². The van der Waals surface area contributed by atoms with Crippen molar-refractivity contribution in [2.45, 2.75) is 13.3 Å². The first-order valence-electron chi connectivity index (χ1n) is 4.95. The van der Waals surface area contributed by atoms with Crippen LogP contribution >= 0.6 is 0 Å². The highest BCUT2D eigenvalue weighted by molar-refractivity contribution is 5.59. The summed E-state index contributed by atoms with van der Waals surface area (Å²) < 4.78 is 0. The summed E-state index contributed by atoms with van der Waals surface area (Å²) in [5.74, 6) is 0. The van der Waals surface area contributed by atoms with E-state index < -0.39 is 0 Å². The van der Waals surface area contributed by atoms with Crippen molar-refractivity contribution in [3.8, 4) is 0 Å². The zero-order valence-electron chi connectivity index (χ0n) is 8.40. The van der Waals surface area contributed by atoms with Gasteiger partial charge in [0.15, 0.2) is 0 Å². The molecule has 0 amide bonds. The Hall–Kier alpha value is -1.56. The second-order valence-electron chi connectivity index (χ2n) is 3.65. The fourth-order valence-electron chi connectivity index (χ4n) is 1.54. The van der Waals surface area contributed by atoms with Gasteiger partial charge in [-0.1, -0.05) is 54.2 Å². The second kappa shape index (κ2) is 4.10. The SMILES string of the molecule is C/C1=C\C=C/c2cccc(c2)/C=C\C1. The van der Waals surface area contributed by atoms with Gasteiger partial charge in [0.1, 0.15) is 0 Å². The summed E-state index contributed by atoms with van der Waals surface area (Å²) in [6.45, 7) is 2.16. The normalized spacial score (nSPS) is 23.4. The molecule has 1 aliphatic rings. The number of benzene rings is 1. The minimum atomic E-state index is 1.04. The third-order valence-corrected chi connectivity index (χ3v) is 2.33. The Balaban J connectivity index is 2.42. The molecular weight excluding hydrogens is 168 g/mol. The van der Waals surface area contributed by atoms with Gasteiger partial charge < -0.3 is 0 Å². The molecule has 0 aliphatic heterocycles. The summed E-state index contributed by atoms with van der Waals surface area (Å²) in [4.78, 5) is 0. The first-order valence-corrected chi connectivity index (χ1v) is 4.95. The van der Waals surface area contributed by atoms with Gasteiger partial charge in [-0.3, -0.25) is 0 Å². The Kier molecular flexibility index (Phi) is 2.64. The third-order valence-electron chi connectivity index (χ3n) is 2.33. The maximum absolute atomic E-state index is 2.21. The van der Waals surface area contributed by atoms with Crippen LogP contribution < -0.4 is 0 Å². The third kappa shape index (κ3) is 2.23. The number of rotatable bonds is 0. The lowest BCUT2D eigenvalue weighted by Gasteiger charge is -1.99. The Bertz CT molecular complexity index is 406. The van der Waals surface area contributed by atoms with Gasteiger partial charge in [-0.15, -0.1) is 0 Å². The fourth-order valence-corrected chi connectivity index (χ4v) is 1.54. The van der Waals surface area contributed by atoms with Crippen LogP contribution in [0, 0.1) is 0 Å². The van der Waals surface area contributed by atoms with Gasteiger partial charge in [-0.25, -0.2) is 0 Å². The van der Waals surface area contributed by atoms with Crippen LogP contribution in [0.25, 0.3) is 12.2 Å². The number of allylic oxidation sites excluding steroid dienone is 4. The standard InChI is InChI=1S/C14H14/c1-12-5-2-7-13-9-4-10-14(11-13)8-3-6-12/h2-5,7-11H,6H2,1H3/b7-2-,8-3-,12-5+. The largest absolute Gasteiger partial charge is 0.0799 e. The van der Waals surface area contributed by atoms with Gasteiger partial charge in [0, 0.05) is 0 Å². The van der Waals surface area contributed by atoms with E-state index in [9.17, 15) is 0 Å². The molecule has 0 unspecified atom stereocenters. The molecule has 0 saturated carbocycles. The van der Waals surface area contributed by atoms with Crippen molar-refractivity contribution in [3.63, 3.8) is 0 Å². The van der Waals surface area contributed by atoms with Gasteiger partial charge in [-0.2, -0.15) is 0 Å². The minimum Gasteiger partial charge on any atom is -0.0799 e. The van der Waals surface area contributed by atoms with Crippen LogP contribution in [0.3, 0.4) is 0 Å². The van der Waals surface area contributed by atoms with E-state index in [2.05, 4.69) is 61.6 Å². The molecule has 0 heteroatoms. The monoisotopic (exact) mass is 182 g/mol. The van der Waals surface area contributed by atoms with Crippen LogP contribution in [-0.2, 0) is 0 Å². The van der Waals surface area contributed by atoms with Crippen LogP contribution in [0.1, 0.15) is 24.5 Å². The average molecular weight is 182 g/mol. The van der Waals surface area contributed by atoms with Crippen molar-refractivity contribution < 1.29 is 0 Å². The molecule has 70 valence electrons. The molecule has 1 aromatic rings. The van der Waals surface area contributed by atoms with E-state index in [1.807, 2.05) is 0 Å². The van der Waals surface area contributed by atoms with Crippen LogP contribution in [0.2, 0.25) is 0 Å². The summed E-state index contributed by atoms with van der Waals surface area (Å²) >= 11 is 0. The Morgan fingerprint density at radius 2 is 1.86 bits per heavy atom. The quantitative estimate of drug-likeness (QED) is 0.567. The summed E-state index contributed by atoms with van der Waals surface area (Å²) in [7, 11) is 0. The fraction of sp³-hybridized carbons (Fsp3) is 0.143. The first-order chi connectivity index (χ1) is 6.84. The molecule has 0 fully saturated rings. The van der Waals surface area contributed by atoms with Crippen LogP contribution in [0.15, 0.2) is 48.1 Å². The molecule has 14 heavy (non-hydrogen) atoms. The van der Waals surface area contributed by atoms with Crippen molar-refractivity contribution in [2.24, 2.45) is 0 Å². The highest BCUT2D eigenvalue weighted by Crippen LogP contribution is 2.12. The molecule has 0 nitrogen and oxygen atoms in total. The lowest BCUT2D eigenvalue weighted by atomic mass is 10.1. The Morgan fingerprint density at radius 1 is 1.07 bits per heavy atom. The summed E-state index contributed by atoms with van der Waals surface area (Å²) in [6.07, 6.45) is 11.9. The smallest absolute Gasteiger partial charge is 0.0135 e. The first kappa shape index (κ1) is 9.01. The Morgan fingerprint density at radius 3 is 2.71 bits per heavy atom. The molecule has 0 heterocycles. The molecule has 0 N–H and O–H groups in total. The van der Waals surface area contributed by atoms with Gasteiger partial charge in [-0.05, 0) is 30.5 Å². The van der Waals surface area contributed by atoms with E-state index in [-0.39, 0.29) is 0 Å². The van der Waals surface area contributed by atoms with Crippen molar-refractivity contribution >= 4 is 12.2 Å². The lowest BCUT2D eigenvalue weighted by molar-refractivity contribution is 1.22. The molecule has 0 aromatic heterocycles. The summed E-state index contributed by atoms with van der Waals surface area (Å²) in [6, 6.07) is 8.55. The van der Waals surface area contributed by atoms with Crippen LogP contribution in [-0.4, -0.2) is 0 Å². The molecule has 1 aliphatic carbocycles. The molecule has 2 rings (SSSR count). The van der Waals surface area contributed by atoms with Crippen molar-refractivity contribution in [1.82, 2.24) is 0 Å². The predicted molar refractivity (Wildman–Crippen MR) is 62.9 cm³/mol. The van der Waals surface area contributed by atoms with E-state index in [1.54, 1.807) is 0 Å². The van der Waals surface area contributed by atoms with Crippen molar-refractivity contribution in [1.29, 1.82) is 0 Å². The molecule has 2 bridgehead atoms. The highest BCUT2D eigenvalue weighted by atomic mass is 14.0.